The molecule has 1 fully saturated rings. The Balaban J connectivity index is 1.84. The van der Waals surface area contributed by atoms with Crippen LogP contribution in [0.4, 0.5) is 0 Å². The first-order valence-electron chi connectivity index (χ1n) is 5.22. The average Bonchev–Trinajstić information content (AvgIpc) is 2.72. The smallest absolute Gasteiger partial charge is 0.109 e. The van der Waals surface area contributed by atoms with Crippen molar-refractivity contribution in [2.45, 2.75) is 31.8 Å². The van der Waals surface area contributed by atoms with Gasteiger partial charge in [0.25, 0.3) is 0 Å². The van der Waals surface area contributed by atoms with Crippen molar-refractivity contribution >= 4 is 11.3 Å². The molecule has 2 atom stereocenters. The fourth-order valence-electron chi connectivity index (χ4n) is 1.87. The average molecular weight is 211 g/mol. The predicted octanol–water partition coefficient (Wildman–Crippen LogP) is 1.55. The van der Waals surface area contributed by atoms with E-state index >= 15 is 0 Å². The van der Waals surface area contributed by atoms with Crippen LogP contribution in [0.1, 0.15) is 30.8 Å². The van der Waals surface area contributed by atoms with Gasteiger partial charge >= 0.3 is 0 Å². The highest BCUT2D eigenvalue weighted by Gasteiger charge is 2.16. The highest BCUT2D eigenvalue weighted by atomic mass is 32.1. The first kappa shape index (κ1) is 10.1. The molecule has 2 N–H and O–H groups in total. The van der Waals surface area contributed by atoms with Gasteiger partial charge in [0.15, 0.2) is 0 Å². The minimum absolute atomic E-state index is 0.389. The largest absolute Gasteiger partial charge is 0.315 e. The van der Waals surface area contributed by atoms with Gasteiger partial charge in [-0.1, -0.05) is 0 Å². The van der Waals surface area contributed by atoms with Crippen molar-refractivity contribution in [3.05, 3.63) is 16.6 Å². The van der Waals surface area contributed by atoms with Crippen LogP contribution in [-0.4, -0.2) is 24.1 Å². The molecule has 1 saturated heterocycles. The van der Waals surface area contributed by atoms with E-state index in [4.69, 9.17) is 0 Å². The Bertz CT molecular complexity index is 254. The molecule has 3 nitrogen and oxygen atoms in total. The molecule has 0 spiro atoms. The number of piperidine rings is 1. The van der Waals surface area contributed by atoms with E-state index < -0.39 is 0 Å². The van der Waals surface area contributed by atoms with E-state index in [-0.39, 0.29) is 0 Å². The molecule has 1 aromatic rings. The summed E-state index contributed by atoms with van der Waals surface area (Å²) in [4.78, 5) is 4.32. The Hall–Kier alpha value is -0.450. The molecule has 0 aliphatic carbocycles. The molecule has 2 rings (SSSR count). The molecule has 0 saturated carbocycles. The summed E-state index contributed by atoms with van der Waals surface area (Å²) in [6.07, 6.45) is 4.43. The summed E-state index contributed by atoms with van der Waals surface area (Å²) in [6.45, 7) is 4.45. The predicted molar refractivity (Wildman–Crippen MR) is 59.6 cm³/mol. The van der Waals surface area contributed by atoms with Crippen molar-refractivity contribution in [3.63, 3.8) is 0 Å². The van der Waals surface area contributed by atoms with Gasteiger partial charge in [0.2, 0.25) is 0 Å². The van der Waals surface area contributed by atoms with Gasteiger partial charge in [0.1, 0.15) is 5.01 Å². The third-order valence-corrected chi connectivity index (χ3v) is 3.56. The van der Waals surface area contributed by atoms with Gasteiger partial charge < -0.3 is 10.6 Å². The van der Waals surface area contributed by atoms with Crippen LogP contribution in [0, 0.1) is 0 Å². The maximum atomic E-state index is 4.32. The number of hydrogen-bond donors (Lipinski definition) is 2. The molecule has 0 aromatic carbocycles. The second kappa shape index (κ2) is 4.87. The third kappa shape index (κ3) is 2.53. The number of hydrogen-bond acceptors (Lipinski definition) is 4. The molecule has 2 unspecified atom stereocenters. The van der Waals surface area contributed by atoms with Gasteiger partial charge in [0.05, 0.1) is 6.04 Å². The quantitative estimate of drug-likeness (QED) is 0.796. The summed E-state index contributed by atoms with van der Waals surface area (Å²) in [7, 11) is 0. The van der Waals surface area contributed by atoms with E-state index in [2.05, 4.69) is 22.5 Å². The van der Waals surface area contributed by atoms with E-state index in [1.54, 1.807) is 11.3 Å². The highest BCUT2D eigenvalue weighted by molar-refractivity contribution is 7.09. The summed E-state index contributed by atoms with van der Waals surface area (Å²) >= 11 is 1.73. The van der Waals surface area contributed by atoms with Crippen LogP contribution in [-0.2, 0) is 0 Å². The molecular formula is C10H17N3S. The lowest BCUT2D eigenvalue weighted by Crippen LogP contribution is -2.43. The Morgan fingerprint density at radius 3 is 3.29 bits per heavy atom. The van der Waals surface area contributed by atoms with Crippen LogP contribution in [0.25, 0.3) is 0 Å². The van der Waals surface area contributed by atoms with E-state index in [0.29, 0.717) is 12.1 Å². The molecule has 0 radical (unpaired) electrons. The van der Waals surface area contributed by atoms with Gasteiger partial charge in [-0.25, -0.2) is 4.98 Å². The minimum atomic E-state index is 0.389. The highest BCUT2D eigenvalue weighted by Crippen LogP contribution is 2.16. The maximum absolute atomic E-state index is 4.32. The zero-order valence-electron chi connectivity index (χ0n) is 8.49. The second-order valence-corrected chi connectivity index (χ2v) is 4.73. The topological polar surface area (TPSA) is 37.0 Å². The molecule has 14 heavy (non-hydrogen) atoms. The minimum Gasteiger partial charge on any atom is -0.315 e. The van der Waals surface area contributed by atoms with Crippen LogP contribution in [0.5, 0.6) is 0 Å². The second-order valence-electron chi connectivity index (χ2n) is 3.80. The first-order chi connectivity index (χ1) is 6.86. The summed E-state index contributed by atoms with van der Waals surface area (Å²) in [5, 5.41) is 10.2. The number of rotatable bonds is 3. The Morgan fingerprint density at radius 2 is 2.64 bits per heavy atom. The molecule has 78 valence electrons. The molecule has 0 amide bonds. The van der Waals surface area contributed by atoms with Gasteiger partial charge in [-0.05, 0) is 26.3 Å². The maximum Gasteiger partial charge on any atom is 0.109 e. The number of nitrogens with zero attached hydrogens (tertiary/aromatic N) is 1. The zero-order chi connectivity index (χ0) is 9.80. The van der Waals surface area contributed by atoms with Gasteiger partial charge in [0, 0.05) is 24.2 Å². The number of nitrogens with one attached hydrogen (secondary N) is 2. The molecular weight excluding hydrogens is 194 g/mol. The van der Waals surface area contributed by atoms with Crippen LogP contribution < -0.4 is 10.6 Å². The Morgan fingerprint density at radius 1 is 1.71 bits per heavy atom. The zero-order valence-corrected chi connectivity index (χ0v) is 9.31. The van der Waals surface area contributed by atoms with Crippen molar-refractivity contribution in [3.8, 4) is 0 Å². The fourth-order valence-corrected chi connectivity index (χ4v) is 2.52. The van der Waals surface area contributed by atoms with Crippen molar-refractivity contribution < 1.29 is 0 Å². The third-order valence-electron chi connectivity index (χ3n) is 2.60. The summed E-state index contributed by atoms with van der Waals surface area (Å²) in [5.41, 5.74) is 0. The van der Waals surface area contributed by atoms with Crippen molar-refractivity contribution in [2.24, 2.45) is 0 Å². The monoisotopic (exact) mass is 211 g/mol. The van der Waals surface area contributed by atoms with Crippen LogP contribution >= 0.6 is 11.3 Å². The number of thiazole rings is 1. The lowest BCUT2D eigenvalue weighted by atomic mass is 10.1. The van der Waals surface area contributed by atoms with E-state index in [1.807, 2.05) is 11.6 Å². The first-order valence-corrected chi connectivity index (χ1v) is 6.10. The molecule has 1 aliphatic rings. The van der Waals surface area contributed by atoms with E-state index in [0.717, 1.165) is 6.54 Å². The standard InChI is InChI=1S/C10H17N3S/c1-8(10-12-5-6-14-10)13-9-3-2-4-11-7-9/h5-6,8-9,11,13H,2-4,7H2,1H3. The molecule has 1 aromatic heterocycles. The van der Waals surface area contributed by atoms with E-state index in [1.165, 1.54) is 24.4 Å². The lowest BCUT2D eigenvalue weighted by Gasteiger charge is -2.26. The van der Waals surface area contributed by atoms with Crippen molar-refractivity contribution in [1.29, 1.82) is 0 Å². The van der Waals surface area contributed by atoms with E-state index in [9.17, 15) is 0 Å². The van der Waals surface area contributed by atoms with Gasteiger partial charge in [-0.15, -0.1) is 11.3 Å². The summed E-state index contributed by atoms with van der Waals surface area (Å²) < 4.78 is 0. The molecule has 4 heteroatoms. The Kier molecular flexibility index (Phi) is 3.50. The lowest BCUT2D eigenvalue weighted by molar-refractivity contribution is 0.361. The molecule has 2 heterocycles. The normalized spacial score (nSPS) is 24.8. The van der Waals surface area contributed by atoms with Gasteiger partial charge in [-0.3, -0.25) is 0 Å². The van der Waals surface area contributed by atoms with Crippen LogP contribution in [0.15, 0.2) is 11.6 Å². The molecule has 1 aliphatic heterocycles. The fraction of sp³-hybridized carbons (Fsp3) is 0.700. The van der Waals surface area contributed by atoms with Crippen LogP contribution in [0.3, 0.4) is 0 Å². The Labute approximate surface area is 88.9 Å². The summed E-state index contributed by atoms with van der Waals surface area (Å²) in [5.74, 6) is 0. The van der Waals surface area contributed by atoms with Crippen molar-refractivity contribution in [1.82, 2.24) is 15.6 Å². The SMILES string of the molecule is CC(NC1CCCNC1)c1nccs1. The van der Waals surface area contributed by atoms with Crippen LogP contribution in [0.2, 0.25) is 0 Å². The number of aromatic nitrogens is 1. The molecule has 0 bridgehead atoms. The van der Waals surface area contributed by atoms with Gasteiger partial charge in [-0.2, -0.15) is 0 Å². The summed E-state index contributed by atoms with van der Waals surface area (Å²) in [6, 6.07) is 1.00. The van der Waals surface area contributed by atoms with Crippen molar-refractivity contribution in [2.75, 3.05) is 13.1 Å².